The lowest BCUT2D eigenvalue weighted by atomic mass is 9.49. The molecule has 0 unspecified atom stereocenters. The Morgan fingerprint density at radius 2 is 1.83 bits per heavy atom. The van der Waals surface area contributed by atoms with Crippen LogP contribution in [0.4, 0.5) is 0 Å². The van der Waals surface area contributed by atoms with Crippen LogP contribution in [0.3, 0.4) is 0 Å². The van der Waals surface area contributed by atoms with Crippen molar-refractivity contribution in [2.75, 3.05) is 6.61 Å². The van der Waals surface area contributed by atoms with E-state index in [4.69, 9.17) is 0 Å². The third-order valence-electron chi connectivity index (χ3n) is 5.91. The van der Waals surface area contributed by atoms with Crippen LogP contribution in [0.2, 0.25) is 0 Å². The van der Waals surface area contributed by atoms with Gasteiger partial charge < -0.3 is 15.3 Å². The fourth-order valence-electron chi connectivity index (χ4n) is 4.87. The van der Waals surface area contributed by atoms with E-state index in [9.17, 15) is 15.3 Å². The van der Waals surface area contributed by atoms with E-state index < -0.39 is 6.10 Å². The van der Waals surface area contributed by atoms with Crippen LogP contribution in [0, 0.1) is 22.7 Å². The van der Waals surface area contributed by atoms with Crippen molar-refractivity contribution in [1.82, 2.24) is 0 Å². The van der Waals surface area contributed by atoms with E-state index in [-0.39, 0.29) is 29.5 Å². The van der Waals surface area contributed by atoms with E-state index in [2.05, 4.69) is 20.8 Å². The van der Waals surface area contributed by atoms with Gasteiger partial charge in [0.15, 0.2) is 0 Å². The highest BCUT2D eigenvalue weighted by Crippen LogP contribution is 2.66. The fraction of sp³-hybridized carbons (Fsp3) is 0.867. The molecule has 0 radical (unpaired) electrons. The van der Waals surface area contributed by atoms with Crippen LogP contribution in [-0.2, 0) is 0 Å². The molecule has 18 heavy (non-hydrogen) atoms. The van der Waals surface area contributed by atoms with Gasteiger partial charge >= 0.3 is 0 Å². The fourth-order valence-corrected chi connectivity index (χ4v) is 4.87. The van der Waals surface area contributed by atoms with Crippen molar-refractivity contribution in [2.24, 2.45) is 22.7 Å². The van der Waals surface area contributed by atoms with Gasteiger partial charge in [0.2, 0.25) is 0 Å². The second-order valence-corrected chi connectivity index (χ2v) is 7.45. The normalized spacial score (nSPS) is 49.7. The van der Waals surface area contributed by atoms with E-state index in [0.717, 1.165) is 24.0 Å². The number of hydrogen-bond donors (Lipinski definition) is 3. The first kappa shape index (κ1) is 12.6. The second-order valence-electron chi connectivity index (χ2n) is 7.45. The summed E-state index contributed by atoms with van der Waals surface area (Å²) in [7, 11) is 0. The molecule has 3 N–H and O–H groups in total. The van der Waals surface area contributed by atoms with Gasteiger partial charge in [-0.25, -0.2) is 0 Å². The molecule has 0 saturated heterocycles. The number of rotatable bonds is 1. The molecule has 2 saturated carbocycles. The number of hydrogen-bond acceptors (Lipinski definition) is 3. The predicted molar refractivity (Wildman–Crippen MR) is 68.8 cm³/mol. The Bertz CT molecular complexity index is 412. The van der Waals surface area contributed by atoms with Crippen LogP contribution >= 0.6 is 0 Å². The molecule has 3 rings (SSSR count). The van der Waals surface area contributed by atoms with Crippen LogP contribution in [0.15, 0.2) is 11.1 Å². The Balaban J connectivity index is 2.06. The quantitative estimate of drug-likeness (QED) is 0.619. The molecule has 3 aliphatic carbocycles. The maximum atomic E-state index is 10.5. The first-order valence-corrected chi connectivity index (χ1v) is 7.00. The third kappa shape index (κ3) is 1.36. The van der Waals surface area contributed by atoms with Crippen LogP contribution in [0.25, 0.3) is 0 Å². The molecule has 5 atom stereocenters. The molecule has 0 aromatic rings. The van der Waals surface area contributed by atoms with Crippen molar-refractivity contribution in [3.63, 3.8) is 0 Å². The topological polar surface area (TPSA) is 60.7 Å². The Hall–Kier alpha value is -0.380. The zero-order valence-corrected chi connectivity index (χ0v) is 11.5. The van der Waals surface area contributed by atoms with Crippen molar-refractivity contribution in [1.29, 1.82) is 0 Å². The van der Waals surface area contributed by atoms with Gasteiger partial charge in [-0.05, 0) is 42.1 Å². The standard InChI is InChI=1S/C15H24O3/c1-14(2)5-8-11(6-14)15(3)10(4-12(15)17)9(7-16)13(8)18/h8,11-13,16-18H,4-7H2,1-3H3/t8-,11+,12-,13+,15+/m1/s1. The third-order valence-corrected chi connectivity index (χ3v) is 5.91. The first-order chi connectivity index (χ1) is 8.31. The molecule has 3 nitrogen and oxygen atoms in total. The van der Waals surface area contributed by atoms with Gasteiger partial charge in [-0.1, -0.05) is 26.3 Å². The van der Waals surface area contributed by atoms with E-state index in [1.54, 1.807) is 0 Å². The molecule has 3 aliphatic rings. The van der Waals surface area contributed by atoms with Gasteiger partial charge in [0.05, 0.1) is 18.8 Å². The first-order valence-electron chi connectivity index (χ1n) is 7.00. The Labute approximate surface area is 109 Å². The maximum absolute atomic E-state index is 10.5. The Kier molecular flexibility index (Phi) is 2.52. The molecule has 0 aromatic heterocycles. The van der Waals surface area contributed by atoms with Gasteiger partial charge in [-0.15, -0.1) is 0 Å². The monoisotopic (exact) mass is 252 g/mol. The minimum absolute atomic E-state index is 0.0670. The molecule has 0 aliphatic heterocycles. The summed E-state index contributed by atoms with van der Waals surface area (Å²) in [5.41, 5.74) is 1.95. The lowest BCUT2D eigenvalue weighted by Gasteiger charge is -2.57. The SMILES string of the molecule is CC1(C)C[C@H]2[C@H](O)C(CO)=C3C[C@@H](O)[C@]3(C)[C@H]2C1. The summed E-state index contributed by atoms with van der Waals surface area (Å²) >= 11 is 0. The second kappa shape index (κ2) is 3.59. The lowest BCUT2D eigenvalue weighted by Crippen LogP contribution is -2.57. The van der Waals surface area contributed by atoms with E-state index in [1.807, 2.05) is 0 Å². The van der Waals surface area contributed by atoms with E-state index in [1.165, 1.54) is 0 Å². The predicted octanol–water partition coefficient (Wildman–Crippen LogP) is 1.47. The maximum Gasteiger partial charge on any atom is 0.0806 e. The molecule has 0 spiro atoms. The molecular formula is C15H24O3. The molecule has 0 heterocycles. The average molecular weight is 252 g/mol. The average Bonchev–Trinajstić information content (AvgIpc) is 2.63. The zero-order valence-electron chi connectivity index (χ0n) is 11.5. The molecule has 3 heteroatoms. The van der Waals surface area contributed by atoms with Crippen molar-refractivity contribution in [3.8, 4) is 0 Å². The summed E-state index contributed by atoms with van der Waals surface area (Å²) in [6.07, 6.45) is 1.87. The van der Waals surface area contributed by atoms with Crippen molar-refractivity contribution in [3.05, 3.63) is 11.1 Å². The van der Waals surface area contributed by atoms with Crippen LogP contribution in [0.5, 0.6) is 0 Å². The summed E-state index contributed by atoms with van der Waals surface area (Å²) in [5, 5.41) is 30.3. The molecule has 102 valence electrons. The summed E-state index contributed by atoms with van der Waals surface area (Å²) in [4.78, 5) is 0. The molecule has 2 fully saturated rings. The summed E-state index contributed by atoms with van der Waals surface area (Å²) in [6, 6.07) is 0. The highest BCUT2D eigenvalue weighted by Gasteiger charge is 2.62. The minimum Gasteiger partial charge on any atom is -0.392 e. The number of fused-ring (bicyclic) bond motifs is 3. The molecule has 0 amide bonds. The summed E-state index contributed by atoms with van der Waals surface area (Å²) in [5.74, 6) is 0.558. The van der Waals surface area contributed by atoms with Crippen molar-refractivity contribution >= 4 is 0 Å². The molecular weight excluding hydrogens is 228 g/mol. The highest BCUT2D eigenvalue weighted by molar-refractivity contribution is 5.40. The van der Waals surface area contributed by atoms with Gasteiger partial charge in [-0.3, -0.25) is 0 Å². The molecule has 0 bridgehead atoms. The van der Waals surface area contributed by atoms with Crippen LogP contribution < -0.4 is 0 Å². The van der Waals surface area contributed by atoms with Gasteiger partial charge in [0, 0.05) is 5.41 Å². The smallest absolute Gasteiger partial charge is 0.0806 e. The van der Waals surface area contributed by atoms with Crippen LogP contribution in [-0.4, -0.2) is 34.1 Å². The summed E-state index contributed by atoms with van der Waals surface area (Å²) in [6.45, 7) is 6.54. The van der Waals surface area contributed by atoms with E-state index >= 15 is 0 Å². The zero-order chi connectivity index (χ0) is 13.3. The highest BCUT2D eigenvalue weighted by atomic mass is 16.3. The Morgan fingerprint density at radius 3 is 2.39 bits per heavy atom. The number of aliphatic hydroxyl groups is 3. The minimum atomic E-state index is -0.502. The van der Waals surface area contributed by atoms with Gasteiger partial charge in [0.1, 0.15) is 0 Å². The van der Waals surface area contributed by atoms with Crippen molar-refractivity contribution < 1.29 is 15.3 Å². The summed E-state index contributed by atoms with van der Waals surface area (Å²) < 4.78 is 0. The van der Waals surface area contributed by atoms with Crippen molar-refractivity contribution in [2.45, 2.75) is 52.2 Å². The lowest BCUT2D eigenvalue weighted by molar-refractivity contribution is -0.0813. The number of aliphatic hydroxyl groups excluding tert-OH is 3. The van der Waals surface area contributed by atoms with E-state index in [0.29, 0.717) is 12.3 Å². The Morgan fingerprint density at radius 1 is 1.17 bits per heavy atom. The van der Waals surface area contributed by atoms with Crippen LogP contribution in [0.1, 0.15) is 40.0 Å². The largest absolute Gasteiger partial charge is 0.392 e. The van der Waals surface area contributed by atoms with Gasteiger partial charge in [0.25, 0.3) is 0 Å². The van der Waals surface area contributed by atoms with Gasteiger partial charge in [-0.2, -0.15) is 0 Å². The molecule has 0 aromatic carbocycles.